The van der Waals surface area contributed by atoms with E-state index in [9.17, 15) is 0 Å². The third-order valence-corrected chi connectivity index (χ3v) is 9.76. The first-order valence-electron chi connectivity index (χ1n) is 24.7. The van der Waals surface area contributed by atoms with E-state index in [2.05, 4.69) is 45.3 Å². The minimum Gasteiger partial charge on any atom is -0.458 e. The Balaban J connectivity index is 1.16. The highest BCUT2D eigenvalue weighted by molar-refractivity contribution is 6.09. The summed E-state index contributed by atoms with van der Waals surface area (Å²) in [6.07, 6.45) is 6.61. The summed E-state index contributed by atoms with van der Waals surface area (Å²) in [7, 11) is 0. The summed E-state index contributed by atoms with van der Waals surface area (Å²) >= 11 is 0. The Labute approximate surface area is 352 Å². The molecular weight excluding hydrogens is 697 g/mol. The van der Waals surface area contributed by atoms with E-state index in [0.717, 1.165) is 27.4 Å². The van der Waals surface area contributed by atoms with Crippen LogP contribution in [-0.4, -0.2) is 14.1 Å². The summed E-state index contributed by atoms with van der Waals surface area (Å²) in [4.78, 5) is 4.75. The first-order valence-corrected chi connectivity index (χ1v) is 18.7. The van der Waals surface area contributed by atoms with Crippen LogP contribution in [0.3, 0.4) is 0 Å². The molecule has 0 saturated heterocycles. The molecule has 5 heteroatoms. The molecule has 3 aromatic heterocycles. The Bertz CT molecular complexity index is 3410. The number of imidazole rings is 1. The van der Waals surface area contributed by atoms with Crippen molar-refractivity contribution in [1.82, 2.24) is 14.1 Å². The molecule has 0 fully saturated rings. The first-order chi connectivity index (χ1) is 32.6. The molecule has 9 rings (SSSR count). The van der Waals surface area contributed by atoms with Crippen LogP contribution in [-0.2, 0) is 11.8 Å². The standard InChI is InChI=1S/C52H46N4O/c1-36(2)30-37-26-27-53-50(31-37)56-48-25-22-40(52(3,4)5)32-47(48)46-24-23-43(34-49(46)56)57-42-19-12-18-41(33-42)54-28-29-55(35-54)51-44(38-14-8-6-9-15-38)20-13-21-45(51)39-16-10-7-11-17-39/h6-29,31-34,36H,30H2,1-5H3/i6D,7D,8D,9D,10D,11D,14D,15D,16D,17D,30D2. The van der Waals surface area contributed by atoms with E-state index in [0.29, 0.717) is 28.6 Å². The van der Waals surface area contributed by atoms with Crippen LogP contribution < -0.4 is 9.30 Å². The lowest BCUT2D eigenvalue weighted by Gasteiger charge is -2.19. The maximum absolute atomic E-state index is 8.86. The Morgan fingerprint density at radius 2 is 1.46 bits per heavy atom. The van der Waals surface area contributed by atoms with Crippen LogP contribution in [0.1, 0.15) is 62.2 Å². The van der Waals surface area contributed by atoms with Gasteiger partial charge in [0.05, 0.1) is 36.1 Å². The molecule has 0 atom stereocenters. The van der Waals surface area contributed by atoms with Crippen molar-refractivity contribution in [1.29, 1.82) is 0 Å². The predicted molar refractivity (Wildman–Crippen MR) is 233 cm³/mol. The second-order valence-electron chi connectivity index (χ2n) is 15.1. The highest BCUT2D eigenvalue weighted by Crippen LogP contribution is 2.38. The second kappa shape index (κ2) is 14.7. The molecule has 0 aliphatic heterocycles. The topological polar surface area (TPSA) is 35.9 Å². The molecule has 0 N–H and O–H groups in total. The van der Waals surface area contributed by atoms with Gasteiger partial charge in [0.2, 0.25) is 0 Å². The van der Waals surface area contributed by atoms with Gasteiger partial charge in [0.25, 0.3) is 6.33 Å². The zero-order valence-electron chi connectivity index (χ0n) is 44.2. The molecule has 0 bridgehead atoms. The summed E-state index contributed by atoms with van der Waals surface area (Å²) in [5, 5.41) is 1.99. The molecule has 6 aromatic carbocycles. The Kier molecular flexibility index (Phi) is 6.39. The van der Waals surface area contributed by atoms with E-state index in [1.807, 2.05) is 54.8 Å². The Morgan fingerprint density at radius 1 is 0.754 bits per heavy atom. The molecule has 280 valence electrons. The van der Waals surface area contributed by atoms with Crippen molar-refractivity contribution in [3.63, 3.8) is 0 Å². The fraction of sp³-hybridized carbons (Fsp3) is 0.154. The smallest absolute Gasteiger partial charge is 0.268 e. The molecule has 0 aliphatic carbocycles. The van der Waals surface area contributed by atoms with Crippen LogP contribution in [0.4, 0.5) is 0 Å². The van der Waals surface area contributed by atoms with Gasteiger partial charge in [0.1, 0.15) is 17.3 Å². The van der Waals surface area contributed by atoms with Crippen molar-refractivity contribution in [3.8, 4) is 50.9 Å². The van der Waals surface area contributed by atoms with Crippen LogP contribution in [0, 0.1) is 12.2 Å². The van der Waals surface area contributed by atoms with Crippen LogP contribution in [0.5, 0.6) is 11.5 Å². The summed E-state index contributed by atoms with van der Waals surface area (Å²) in [5.74, 6) is 1.30. The zero-order chi connectivity index (χ0) is 49.6. The van der Waals surface area contributed by atoms with E-state index in [1.54, 1.807) is 59.6 Å². The molecule has 57 heavy (non-hydrogen) atoms. The number of rotatable bonds is 9. The maximum Gasteiger partial charge on any atom is 0.268 e. The molecule has 0 saturated carbocycles. The molecule has 0 unspecified atom stereocenters. The third-order valence-electron chi connectivity index (χ3n) is 9.76. The lowest BCUT2D eigenvalue weighted by Crippen LogP contribution is -2.30. The number of ether oxygens (including phenoxy) is 1. The molecule has 3 heterocycles. The molecule has 5 nitrogen and oxygen atoms in total. The van der Waals surface area contributed by atoms with Crippen molar-refractivity contribution in [2.24, 2.45) is 5.92 Å². The van der Waals surface area contributed by atoms with Gasteiger partial charge in [0.15, 0.2) is 0 Å². The molecule has 0 spiro atoms. The molecule has 0 radical (unpaired) electrons. The Morgan fingerprint density at radius 3 is 2.16 bits per heavy atom. The minimum atomic E-state index is -1.59. The normalized spacial score (nSPS) is 15.1. The average Bonchev–Trinajstić information content (AvgIpc) is 3.94. The molecule has 0 amide bonds. The van der Waals surface area contributed by atoms with Gasteiger partial charge in [-0.1, -0.05) is 125 Å². The molecule has 9 aromatic rings. The fourth-order valence-electron chi connectivity index (χ4n) is 7.13. The van der Waals surface area contributed by atoms with Gasteiger partial charge in [-0.2, -0.15) is 0 Å². The van der Waals surface area contributed by atoms with Crippen molar-refractivity contribution in [3.05, 3.63) is 187 Å². The number of hydrogen-bond acceptors (Lipinski definition) is 2. The summed E-state index contributed by atoms with van der Waals surface area (Å²) < 4.78 is 115. The summed E-state index contributed by atoms with van der Waals surface area (Å²) in [6, 6.07) is 22.4. The van der Waals surface area contributed by atoms with Crippen molar-refractivity contribution >= 4 is 21.8 Å². The highest BCUT2D eigenvalue weighted by atomic mass is 16.5. The first kappa shape index (κ1) is 24.7. The largest absolute Gasteiger partial charge is 0.458 e. The van der Waals surface area contributed by atoms with Gasteiger partial charge in [-0.25, -0.2) is 4.98 Å². The van der Waals surface area contributed by atoms with E-state index in [4.69, 9.17) is 26.2 Å². The number of benzene rings is 6. The van der Waals surface area contributed by atoms with E-state index < -0.39 is 66.8 Å². The van der Waals surface area contributed by atoms with Crippen LogP contribution >= 0.6 is 0 Å². The van der Waals surface area contributed by atoms with Gasteiger partial charge in [0, 0.05) is 38.2 Å². The lowest BCUT2D eigenvalue weighted by molar-refractivity contribution is -0.598. The Hall–Kier alpha value is -6.72. The number of fused-ring (bicyclic) bond motifs is 3. The number of hydrogen-bond donors (Lipinski definition) is 0. The fourth-order valence-corrected chi connectivity index (χ4v) is 7.13. The van der Waals surface area contributed by atoms with Gasteiger partial charge >= 0.3 is 0 Å². The quantitative estimate of drug-likeness (QED) is 0.109. The number of para-hydroxylation sites is 1. The zero-order valence-corrected chi connectivity index (χ0v) is 32.2. The SMILES string of the molecule is [2H]c1c([2H])c([2H])c(-c2cccc(-c3c([2H])c([2H])c([2H])c([2H])c3[2H])c2-[n+]2[c-]n(-c3cccc(Oc4ccc5c6cc(C(C)(C)C)ccc6n(-c6cc(C([2H])([2H])C(C)C)ccn6)c5c4)c3)cc2)c([2H])c1[2H]. The van der Waals surface area contributed by atoms with Gasteiger partial charge in [-0.05, 0) is 106 Å². The van der Waals surface area contributed by atoms with Gasteiger partial charge in [-0.3, -0.25) is 13.7 Å². The van der Waals surface area contributed by atoms with Crippen molar-refractivity contribution in [2.45, 2.75) is 46.4 Å². The number of pyridine rings is 1. The van der Waals surface area contributed by atoms with Gasteiger partial charge < -0.3 is 4.74 Å². The van der Waals surface area contributed by atoms with E-state index in [-0.39, 0.29) is 39.3 Å². The molecular formula is C52H46N4O. The van der Waals surface area contributed by atoms with E-state index >= 15 is 0 Å². The van der Waals surface area contributed by atoms with E-state index in [1.165, 1.54) is 4.57 Å². The summed E-state index contributed by atoms with van der Waals surface area (Å²) in [5.41, 5.74) is 4.08. The van der Waals surface area contributed by atoms with Crippen molar-refractivity contribution < 1.29 is 25.8 Å². The lowest BCUT2D eigenvalue weighted by atomic mass is 9.86. The minimum absolute atomic E-state index is 0.112. The monoisotopic (exact) mass is 754 g/mol. The predicted octanol–water partition coefficient (Wildman–Crippen LogP) is 12.7. The van der Waals surface area contributed by atoms with Crippen LogP contribution in [0.25, 0.3) is 61.3 Å². The number of nitrogens with zero attached hydrogens (tertiary/aromatic N) is 4. The second-order valence-corrected chi connectivity index (χ2v) is 15.1. The number of aromatic nitrogens is 4. The molecule has 0 aliphatic rings. The van der Waals surface area contributed by atoms with Crippen molar-refractivity contribution in [2.75, 3.05) is 0 Å². The highest BCUT2D eigenvalue weighted by Gasteiger charge is 2.20. The van der Waals surface area contributed by atoms with Gasteiger partial charge in [-0.15, -0.1) is 0 Å². The van der Waals surface area contributed by atoms with Crippen LogP contribution in [0.2, 0.25) is 0 Å². The summed E-state index contributed by atoms with van der Waals surface area (Å²) in [6.45, 7) is 10.2. The van der Waals surface area contributed by atoms with Crippen LogP contribution in [0.15, 0.2) is 170 Å². The maximum atomic E-state index is 8.86. The average molecular weight is 755 g/mol. The third kappa shape index (κ3) is 7.13.